The van der Waals surface area contributed by atoms with E-state index in [9.17, 15) is 4.79 Å². The molecule has 126 valence electrons. The molecule has 4 rings (SSSR count). The zero-order valence-electron chi connectivity index (χ0n) is 13.8. The zero-order chi connectivity index (χ0) is 17.1. The van der Waals surface area contributed by atoms with E-state index in [1.807, 2.05) is 58.0 Å². The van der Waals surface area contributed by atoms with Crippen LogP contribution in [0, 0.1) is 0 Å². The number of aromatic nitrogens is 3. The minimum Gasteiger partial charge on any atom is -0.353 e. The van der Waals surface area contributed by atoms with Crippen molar-refractivity contribution < 1.29 is 4.79 Å². The van der Waals surface area contributed by atoms with Gasteiger partial charge in [0.25, 0.3) is 5.91 Å². The Morgan fingerprint density at radius 2 is 1.68 bits per heavy atom. The smallest absolute Gasteiger partial charge is 0.272 e. The van der Waals surface area contributed by atoms with Crippen LogP contribution in [0.25, 0.3) is 5.69 Å². The summed E-state index contributed by atoms with van der Waals surface area (Å²) in [4.78, 5) is 25.6. The van der Waals surface area contributed by atoms with Gasteiger partial charge in [-0.1, -0.05) is 24.3 Å². The van der Waals surface area contributed by atoms with Crippen molar-refractivity contribution in [1.82, 2.24) is 19.4 Å². The molecular formula is C19H19N5O. The summed E-state index contributed by atoms with van der Waals surface area (Å²) in [5, 5.41) is 0. The van der Waals surface area contributed by atoms with Gasteiger partial charge in [-0.05, 0) is 24.3 Å². The largest absolute Gasteiger partial charge is 0.353 e. The number of anilines is 1. The molecule has 1 aliphatic rings. The predicted molar refractivity (Wildman–Crippen MR) is 95.9 cm³/mol. The number of benzene rings is 1. The average molecular weight is 333 g/mol. The maximum atomic E-state index is 12.9. The van der Waals surface area contributed by atoms with Gasteiger partial charge in [-0.3, -0.25) is 9.36 Å². The highest BCUT2D eigenvalue weighted by Gasteiger charge is 2.25. The summed E-state index contributed by atoms with van der Waals surface area (Å²) < 4.78 is 1.84. The lowest BCUT2D eigenvalue weighted by molar-refractivity contribution is 0.0738. The number of carbonyl (C=O) groups excluding carboxylic acids is 1. The molecule has 3 aromatic rings. The Bertz CT molecular complexity index is 839. The van der Waals surface area contributed by atoms with Crippen LogP contribution in [0.1, 0.15) is 10.5 Å². The average Bonchev–Trinajstić information content (AvgIpc) is 3.19. The van der Waals surface area contributed by atoms with Gasteiger partial charge >= 0.3 is 0 Å². The number of amides is 1. The normalized spacial score (nSPS) is 14.6. The number of imidazole rings is 1. The van der Waals surface area contributed by atoms with Crippen molar-refractivity contribution in [3.63, 3.8) is 0 Å². The molecule has 1 fully saturated rings. The molecule has 1 amide bonds. The van der Waals surface area contributed by atoms with E-state index in [-0.39, 0.29) is 5.91 Å². The van der Waals surface area contributed by atoms with E-state index in [0.29, 0.717) is 18.8 Å². The number of para-hydroxylation sites is 1. The molecule has 0 saturated carbocycles. The molecule has 2 aromatic heterocycles. The number of rotatable bonds is 3. The Kier molecular flexibility index (Phi) is 4.16. The Morgan fingerprint density at radius 3 is 2.40 bits per heavy atom. The fraction of sp³-hybridized carbons (Fsp3) is 0.211. The van der Waals surface area contributed by atoms with Gasteiger partial charge in [0.2, 0.25) is 0 Å². The summed E-state index contributed by atoms with van der Waals surface area (Å²) in [7, 11) is 0. The van der Waals surface area contributed by atoms with Gasteiger partial charge in [-0.25, -0.2) is 9.97 Å². The monoisotopic (exact) mass is 333 g/mol. The second-order valence-electron chi connectivity index (χ2n) is 5.95. The van der Waals surface area contributed by atoms with Crippen LogP contribution < -0.4 is 4.90 Å². The molecule has 0 radical (unpaired) electrons. The molecule has 0 N–H and O–H groups in total. The zero-order valence-corrected chi connectivity index (χ0v) is 13.8. The van der Waals surface area contributed by atoms with E-state index in [1.54, 1.807) is 18.7 Å². The van der Waals surface area contributed by atoms with Crippen molar-refractivity contribution >= 4 is 11.7 Å². The fourth-order valence-corrected chi connectivity index (χ4v) is 3.09. The third kappa shape index (κ3) is 3.10. The summed E-state index contributed by atoms with van der Waals surface area (Å²) in [5.41, 5.74) is 1.54. The van der Waals surface area contributed by atoms with Gasteiger partial charge in [-0.15, -0.1) is 0 Å². The highest BCUT2D eigenvalue weighted by atomic mass is 16.2. The minimum absolute atomic E-state index is 0.0158. The molecule has 6 heteroatoms. The highest BCUT2D eigenvalue weighted by molar-refractivity contribution is 5.93. The number of pyridine rings is 1. The molecule has 25 heavy (non-hydrogen) atoms. The van der Waals surface area contributed by atoms with Crippen molar-refractivity contribution in [1.29, 1.82) is 0 Å². The van der Waals surface area contributed by atoms with Crippen LogP contribution >= 0.6 is 0 Å². The van der Waals surface area contributed by atoms with Crippen LogP contribution in [-0.2, 0) is 0 Å². The first-order chi connectivity index (χ1) is 12.3. The van der Waals surface area contributed by atoms with Gasteiger partial charge in [0, 0.05) is 38.1 Å². The van der Waals surface area contributed by atoms with E-state index in [2.05, 4.69) is 14.9 Å². The SMILES string of the molecule is O=C(c1cncn1-c1ccccc1)N1CCN(c2ccccn2)CC1. The Hall–Kier alpha value is -3.15. The molecule has 6 nitrogen and oxygen atoms in total. The van der Waals surface area contributed by atoms with Crippen molar-refractivity contribution in [3.8, 4) is 5.69 Å². The third-order valence-corrected chi connectivity index (χ3v) is 4.43. The van der Waals surface area contributed by atoms with E-state index < -0.39 is 0 Å². The molecule has 0 aliphatic carbocycles. The molecular weight excluding hydrogens is 314 g/mol. The second kappa shape index (κ2) is 6.76. The van der Waals surface area contributed by atoms with E-state index >= 15 is 0 Å². The van der Waals surface area contributed by atoms with Crippen molar-refractivity contribution in [3.05, 3.63) is 72.9 Å². The molecule has 0 bridgehead atoms. The Morgan fingerprint density at radius 1 is 0.920 bits per heavy atom. The lowest BCUT2D eigenvalue weighted by atomic mass is 10.2. The Labute approximate surface area is 146 Å². The quantitative estimate of drug-likeness (QED) is 0.737. The molecule has 3 heterocycles. The Balaban J connectivity index is 1.48. The summed E-state index contributed by atoms with van der Waals surface area (Å²) in [5.74, 6) is 0.978. The fourth-order valence-electron chi connectivity index (χ4n) is 3.09. The maximum Gasteiger partial charge on any atom is 0.272 e. The van der Waals surface area contributed by atoms with Gasteiger partial charge in [-0.2, -0.15) is 0 Å². The molecule has 0 spiro atoms. The number of nitrogens with zero attached hydrogens (tertiary/aromatic N) is 5. The topological polar surface area (TPSA) is 54.3 Å². The third-order valence-electron chi connectivity index (χ3n) is 4.43. The first-order valence-electron chi connectivity index (χ1n) is 8.36. The van der Waals surface area contributed by atoms with E-state index in [0.717, 1.165) is 24.6 Å². The van der Waals surface area contributed by atoms with Crippen LogP contribution in [0.5, 0.6) is 0 Å². The first-order valence-corrected chi connectivity index (χ1v) is 8.36. The van der Waals surface area contributed by atoms with Gasteiger partial charge in [0.15, 0.2) is 0 Å². The van der Waals surface area contributed by atoms with Gasteiger partial charge in [0.1, 0.15) is 11.5 Å². The van der Waals surface area contributed by atoms with E-state index in [4.69, 9.17) is 0 Å². The summed E-state index contributed by atoms with van der Waals surface area (Å²) in [6.45, 7) is 2.91. The molecule has 0 atom stereocenters. The summed E-state index contributed by atoms with van der Waals surface area (Å²) in [6, 6.07) is 15.7. The van der Waals surface area contributed by atoms with Crippen LogP contribution in [0.15, 0.2) is 67.3 Å². The maximum absolute atomic E-state index is 12.9. The molecule has 1 saturated heterocycles. The van der Waals surface area contributed by atoms with Crippen LogP contribution in [0.2, 0.25) is 0 Å². The molecule has 1 aliphatic heterocycles. The lowest BCUT2D eigenvalue weighted by Gasteiger charge is -2.35. The standard InChI is InChI=1S/C19H19N5O/c25-19(17-14-20-15-24(17)16-6-2-1-3-7-16)23-12-10-22(11-13-23)18-8-4-5-9-21-18/h1-9,14-15H,10-13H2. The van der Waals surface area contributed by atoms with E-state index in [1.165, 1.54) is 0 Å². The number of piperazine rings is 1. The minimum atomic E-state index is 0.0158. The van der Waals surface area contributed by atoms with Gasteiger partial charge in [0.05, 0.1) is 12.5 Å². The predicted octanol–water partition coefficient (Wildman–Crippen LogP) is 2.23. The van der Waals surface area contributed by atoms with Crippen LogP contribution in [0.4, 0.5) is 5.82 Å². The molecule has 1 aromatic carbocycles. The van der Waals surface area contributed by atoms with Crippen LogP contribution in [0.3, 0.4) is 0 Å². The van der Waals surface area contributed by atoms with Crippen molar-refractivity contribution in [2.75, 3.05) is 31.1 Å². The first kappa shape index (κ1) is 15.4. The molecule has 0 unspecified atom stereocenters. The highest BCUT2D eigenvalue weighted by Crippen LogP contribution is 2.16. The van der Waals surface area contributed by atoms with Gasteiger partial charge < -0.3 is 9.80 Å². The summed E-state index contributed by atoms with van der Waals surface area (Å²) >= 11 is 0. The second-order valence-corrected chi connectivity index (χ2v) is 5.95. The number of hydrogen-bond acceptors (Lipinski definition) is 4. The van der Waals surface area contributed by atoms with Crippen molar-refractivity contribution in [2.45, 2.75) is 0 Å². The number of carbonyl (C=O) groups is 1. The lowest BCUT2D eigenvalue weighted by Crippen LogP contribution is -2.49. The summed E-state index contributed by atoms with van der Waals surface area (Å²) in [6.07, 6.45) is 5.12. The van der Waals surface area contributed by atoms with Crippen LogP contribution in [-0.4, -0.2) is 51.5 Å². The van der Waals surface area contributed by atoms with Crippen molar-refractivity contribution in [2.24, 2.45) is 0 Å². The number of hydrogen-bond donors (Lipinski definition) is 0.